The fourth-order valence-corrected chi connectivity index (χ4v) is 9.87. The van der Waals surface area contributed by atoms with Gasteiger partial charge < -0.3 is 29.5 Å². The minimum atomic E-state index is -0.630. The number of pyridine rings is 1. The summed E-state index contributed by atoms with van der Waals surface area (Å²) in [5, 5.41) is 11.5. The summed E-state index contributed by atoms with van der Waals surface area (Å²) in [6.45, 7) is 14.5. The molecule has 66 heavy (non-hydrogen) atoms. The van der Waals surface area contributed by atoms with Crippen LogP contribution >= 0.6 is 0 Å². The summed E-state index contributed by atoms with van der Waals surface area (Å²) in [4.78, 5) is 75.9. The van der Waals surface area contributed by atoms with Gasteiger partial charge in [-0.15, -0.1) is 0 Å². The van der Waals surface area contributed by atoms with Crippen molar-refractivity contribution in [2.24, 2.45) is 7.05 Å². The Labute approximate surface area is 383 Å². The van der Waals surface area contributed by atoms with E-state index < -0.39 is 17.6 Å². The molecular weight excluding hydrogens is 841 g/mol. The van der Waals surface area contributed by atoms with Gasteiger partial charge in [-0.1, -0.05) is 24.3 Å². The molecule has 10 rings (SSSR count). The van der Waals surface area contributed by atoms with Crippen LogP contribution in [0.3, 0.4) is 0 Å². The van der Waals surface area contributed by atoms with Gasteiger partial charge in [-0.2, -0.15) is 5.10 Å². The van der Waals surface area contributed by atoms with Crippen molar-refractivity contribution in [1.82, 2.24) is 39.8 Å². The van der Waals surface area contributed by atoms with E-state index in [2.05, 4.69) is 41.4 Å². The summed E-state index contributed by atoms with van der Waals surface area (Å²) < 4.78 is 13.4. The first-order valence-electron chi connectivity index (χ1n) is 22.9. The van der Waals surface area contributed by atoms with Crippen molar-refractivity contribution in [2.75, 3.05) is 79.0 Å². The number of piperidine rings is 1. The van der Waals surface area contributed by atoms with E-state index in [9.17, 15) is 19.2 Å². The van der Waals surface area contributed by atoms with Gasteiger partial charge in [-0.05, 0) is 69.9 Å². The van der Waals surface area contributed by atoms with Gasteiger partial charge in [0.05, 0.1) is 59.9 Å². The molecule has 8 heterocycles. The van der Waals surface area contributed by atoms with E-state index in [-0.39, 0.29) is 17.7 Å². The Morgan fingerprint density at radius 1 is 0.924 bits per heavy atom. The van der Waals surface area contributed by atoms with Gasteiger partial charge in [0.2, 0.25) is 29.5 Å². The van der Waals surface area contributed by atoms with Crippen molar-refractivity contribution in [1.29, 1.82) is 0 Å². The Morgan fingerprint density at radius 3 is 2.47 bits per heavy atom. The van der Waals surface area contributed by atoms with Crippen LogP contribution in [0.25, 0.3) is 10.9 Å². The van der Waals surface area contributed by atoms with E-state index in [0.717, 1.165) is 108 Å². The third kappa shape index (κ3) is 8.45. The second kappa shape index (κ2) is 17.2. The Hall–Kier alpha value is -6.82. The number of carbonyl (C=O) groups is 4. The molecule has 1 atom stereocenters. The van der Waals surface area contributed by atoms with Gasteiger partial charge in [-0.25, -0.2) is 19.7 Å². The monoisotopic (exact) mass is 896 g/mol. The van der Waals surface area contributed by atoms with Crippen LogP contribution in [-0.2, 0) is 45.6 Å². The van der Waals surface area contributed by atoms with Crippen molar-refractivity contribution in [2.45, 2.75) is 77.5 Å². The maximum absolute atomic E-state index is 13.4. The van der Waals surface area contributed by atoms with Gasteiger partial charge in [0.1, 0.15) is 17.9 Å². The molecule has 18 heteroatoms. The fraction of sp³-hybridized carbons (Fsp3) is 0.458. The molecule has 5 aliphatic heterocycles. The molecule has 4 amide bonds. The van der Waals surface area contributed by atoms with Gasteiger partial charge in [-0.3, -0.25) is 34.2 Å². The number of hydrogen-bond acceptors (Lipinski definition) is 14. The smallest absolute Gasteiger partial charge is 0.415 e. The number of aromatic nitrogens is 5. The topological polar surface area (TPSA) is 183 Å². The Kier molecular flexibility index (Phi) is 11.2. The van der Waals surface area contributed by atoms with Crippen LogP contribution in [-0.4, -0.2) is 129 Å². The van der Waals surface area contributed by atoms with Crippen LogP contribution in [0.2, 0.25) is 0 Å². The van der Waals surface area contributed by atoms with Crippen LogP contribution in [0.1, 0.15) is 67.6 Å². The van der Waals surface area contributed by atoms with Crippen LogP contribution in [0, 0.1) is 6.92 Å². The lowest BCUT2D eigenvalue weighted by atomic mass is 9.92. The zero-order valence-corrected chi connectivity index (χ0v) is 38.2. The number of aryl methyl sites for hydroxylation is 1. The molecule has 0 spiro atoms. The molecule has 3 aromatic heterocycles. The second-order valence-electron chi connectivity index (χ2n) is 18.9. The summed E-state index contributed by atoms with van der Waals surface area (Å²) in [6, 6.07) is 14.4. The van der Waals surface area contributed by atoms with E-state index in [1.54, 1.807) is 4.90 Å². The maximum Gasteiger partial charge on any atom is 0.415 e. The van der Waals surface area contributed by atoms with Crippen LogP contribution in [0.15, 0.2) is 54.9 Å². The molecule has 0 radical (unpaired) electrons. The minimum absolute atomic E-state index is 0.123. The minimum Gasteiger partial charge on any atom is -0.474 e. The number of fused-ring (bicyclic) bond motifs is 3. The molecule has 1 unspecified atom stereocenters. The number of imide groups is 1. The van der Waals surface area contributed by atoms with Gasteiger partial charge >= 0.3 is 6.09 Å². The number of rotatable bonds is 8. The highest BCUT2D eigenvalue weighted by atomic mass is 16.6. The zero-order valence-electron chi connectivity index (χ0n) is 38.2. The lowest BCUT2D eigenvalue weighted by Crippen LogP contribution is -2.64. The zero-order chi connectivity index (χ0) is 45.9. The summed E-state index contributed by atoms with van der Waals surface area (Å²) in [5.74, 6) is 0.0920. The standard InChI is InChI=1S/C48H56N12O6/c1-29-38(25-49-45-42(29)60(21-22-65-45)47(64)66-48(2,3)4)58-16-15-31-24-50-46(52-36(31)28-58)51-32-11-9-30(10-12-32)23-40(62)59-26-33(27-59)56-17-19-57(20-18-56)37-8-6-7-34-41(54-55(5)43(34)37)35-13-14-39(61)53-44(35)63/h6-12,24-25,33,35H,13-23,26-28H2,1-5H3,(H,50,51,52)(H,53,61,63). The van der Waals surface area contributed by atoms with Crippen molar-refractivity contribution >= 4 is 63.4 Å². The highest BCUT2D eigenvalue weighted by Crippen LogP contribution is 2.40. The first-order chi connectivity index (χ1) is 31.8. The largest absolute Gasteiger partial charge is 0.474 e. The normalized spacial score (nSPS) is 19.2. The molecule has 344 valence electrons. The fourth-order valence-electron chi connectivity index (χ4n) is 9.87. The number of likely N-dealkylation sites (tertiary alicyclic amines) is 1. The molecule has 2 N–H and O–H groups in total. The molecule has 3 saturated heterocycles. The molecule has 5 aromatic rings. The van der Waals surface area contributed by atoms with E-state index in [1.807, 2.05) is 93.1 Å². The number of piperazine rings is 1. The number of carbonyl (C=O) groups excluding carboxylic acids is 4. The summed E-state index contributed by atoms with van der Waals surface area (Å²) in [7, 11) is 1.92. The molecule has 0 aliphatic carbocycles. The number of ether oxygens (including phenoxy) is 2. The highest BCUT2D eigenvalue weighted by Gasteiger charge is 2.38. The third-order valence-corrected chi connectivity index (χ3v) is 13.4. The molecule has 18 nitrogen and oxygen atoms in total. The highest BCUT2D eigenvalue weighted by molar-refractivity contribution is 6.03. The first-order valence-corrected chi connectivity index (χ1v) is 22.9. The van der Waals surface area contributed by atoms with Gasteiger partial charge in [0.25, 0.3) is 0 Å². The number of hydrogen-bond donors (Lipinski definition) is 2. The number of nitrogens with one attached hydrogen (secondary N) is 2. The predicted octanol–water partition coefficient (Wildman–Crippen LogP) is 4.60. The molecule has 0 bridgehead atoms. The Balaban J connectivity index is 0.711. The van der Waals surface area contributed by atoms with Gasteiger partial charge in [0.15, 0.2) is 0 Å². The molecule has 5 aliphatic rings. The van der Waals surface area contributed by atoms with Gasteiger partial charge in [0, 0.05) is 88.2 Å². The van der Waals surface area contributed by atoms with Crippen molar-refractivity contribution in [3.63, 3.8) is 0 Å². The third-order valence-electron chi connectivity index (χ3n) is 13.4. The maximum atomic E-state index is 13.4. The number of nitrogens with zero attached hydrogens (tertiary/aromatic N) is 10. The SMILES string of the molecule is Cc1c(N2CCc3cnc(Nc4ccc(CC(=O)N5CC(N6CCN(c7cccc8c(C9CCC(=O)NC9=O)nn(C)c78)CC6)C5)cc4)nc3C2)cnc2c1N(C(=O)OC(C)(C)C)CCO2. The van der Waals surface area contributed by atoms with Crippen molar-refractivity contribution in [3.8, 4) is 5.88 Å². The van der Waals surface area contributed by atoms with Crippen molar-refractivity contribution < 1.29 is 28.7 Å². The second-order valence-corrected chi connectivity index (χ2v) is 18.9. The first kappa shape index (κ1) is 43.1. The summed E-state index contributed by atoms with van der Waals surface area (Å²) >= 11 is 0. The van der Waals surface area contributed by atoms with Crippen LogP contribution in [0.4, 0.5) is 33.5 Å². The number of anilines is 5. The Morgan fingerprint density at radius 2 is 1.71 bits per heavy atom. The van der Waals surface area contributed by atoms with E-state index in [0.29, 0.717) is 62.5 Å². The summed E-state index contributed by atoms with van der Waals surface area (Å²) in [6.07, 6.45) is 5.15. The number of benzene rings is 2. The average Bonchev–Trinajstić information content (AvgIpc) is 3.61. The quantitative estimate of drug-likeness (QED) is 0.206. The van der Waals surface area contributed by atoms with E-state index in [4.69, 9.17) is 19.6 Å². The Bertz CT molecular complexity index is 2720. The molecule has 2 aromatic carbocycles. The van der Waals surface area contributed by atoms with Crippen LogP contribution < -0.4 is 30.1 Å². The number of amides is 4. The van der Waals surface area contributed by atoms with Crippen LogP contribution in [0.5, 0.6) is 5.88 Å². The molecule has 0 saturated carbocycles. The molecular formula is C48H56N12O6. The average molecular weight is 897 g/mol. The summed E-state index contributed by atoms with van der Waals surface area (Å²) in [5.41, 5.74) is 8.40. The predicted molar refractivity (Wildman–Crippen MR) is 248 cm³/mol. The van der Waals surface area contributed by atoms with Crippen molar-refractivity contribution in [3.05, 3.63) is 82.9 Å². The lowest BCUT2D eigenvalue weighted by Gasteiger charge is -2.48. The molecule has 3 fully saturated rings. The van der Waals surface area contributed by atoms with E-state index in [1.165, 1.54) is 0 Å². The number of para-hydroxylation sites is 1. The van der Waals surface area contributed by atoms with E-state index >= 15 is 0 Å². The lowest BCUT2D eigenvalue weighted by molar-refractivity contribution is -0.138.